The Balaban J connectivity index is 1.80. The summed E-state index contributed by atoms with van der Waals surface area (Å²) >= 11 is 6.33. The third kappa shape index (κ3) is 4.13. The zero-order valence-electron chi connectivity index (χ0n) is 15.4. The number of nitrogen functional groups attached to an aromatic ring is 1. The van der Waals surface area contributed by atoms with Gasteiger partial charge in [0.25, 0.3) is 5.91 Å². The van der Waals surface area contributed by atoms with Crippen molar-refractivity contribution in [2.45, 2.75) is 33.1 Å². The molecule has 138 valence electrons. The molecule has 1 aliphatic rings. The van der Waals surface area contributed by atoms with Gasteiger partial charge in [-0.2, -0.15) is 0 Å². The highest BCUT2D eigenvalue weighted by Gasteiger charge is 2.20. The van der Waals surface area contributed by atoms with Crippen LogP contribution in [0.1, 0.15) is 42.6 Å². The highest BCUT2D eigenvalue weighted by atomic mass is 35.5. The molecule has 1 heterocycles. The Hall–Kier alpha value is -2.20. The summed E-state index contributed by atoms with van der Waals surface area (Å²) in [6.45, 7) is 6.31. The zero-order chi connectivity index (χ0) is 18.7. The predicted molar refractivity (Wildman–Crippen MR) is 110 cm³/mol. The van der Waals surface area contributed by atoms with Crippen LogP contribution >= 0.6 is 11.6 Å². The van der Waals surface area contributed by atoms with Crippen molar-refractivity contribution in [1.29, 1.82) is 0 Å². The van der Waals surface area contributed by atoms with Crippen LogP contribution < -0.4 is 16.0 Å². The summed E-state index contributed by atoms with van der Waals surface area (Å²) in [7, 11) is 0. The molecule has 2 aromatic carbocycles. The summed E-state index contributed by atoms with van der Waals surface area (Å²) < 4.78 is 0. The molecular formula is C21H26ClN3O. The minimum absolute atomic E-state index is 0.169. The topological polar surface area (TPSA) is 58.4 Å². The van der Waals surface area contributed by atoms with Gasteiger partial charge in [-0.3, -0.25) is 4.79 Å². The molecule has 1 saturated heterocycles. The standard InChI is InChI=1S/C21H26ClN3O/c1-3-15-4-6-16(7-5-15)21(26)24-19-13-20(18(23)12-17(19)22)25-10-8-14(2)9-11-25/h4-7,12-14H,3,8-11,23H2,1-2H3,(H,24,26). The molecule has 0 bridgehead atoms. The van der Waals surface area contributed by atoms with Gasteiger partial charge >= 0.3 is 0 Å². The number of nitrogens with one attached hydrogen (secondary N) is 1. The number of piperidine rings is 1. The molecule has 0 aliphatic carbocycles. The molecule has 26 heavy (non-hydrogen) atoms. The molecule has 5 heteroatoms. The van der Waals surface area contributed by atoms with E-state index in [9.17, 15) is 4.79 Å². The first-order chi connectivity index (χ1) is 12.5. The van der Waals surface area contributed by atoms with E-state index in [0.29, 0.717) is 22.0 Å². The van der Waals surface area contributed by atoms with E-state index in [1.54, 1.807) is 6.07 Å². The number of benzene rings is 2. The van der Waals surface area contributed by atoms with Crippen LogP contribution in [-0.2, 0) is 6.42 Å². The maximum atomic E-state index is 12.6. The van der Waals surface area contributed by atoms with Crippen LogP contribution in [0.4, 0.5) is 17.1 Å². The van der Waals surface area contributed by atoms with Crippen LogP contribution in [0.2, 0.25) is 5.02 Å². The van der Waals surface area contributed by atoms with Crippen molar-refractivity contribution in [3.8, 4) is 0 Å². The maximum absolute atomic E-state index is 12.6. The first kappa shape index (κ1) is 18.6. The van der Waals surface area contributed by atoms with Gasteiger partial charge in [0.1, 0.15) is 0 Å². The van der Waals surface area contributed by atoms with Gasteiger partial charge in [-0.1, -0.05) is 37.6 Å². The molecule has 0 radical (unpaired) electrons. The van der Waals surface area contributed by atoms with Crippen molar-refractivity contribution in [2.24, 2.45) is 5.92 Å². The second-order valence-electron chi connectivity index (χ2n) is 7.07. The lowest BCUT2D eigenvalue weighted by Crippen LogP contribution is -2.33. The highest BCUT2D eigenvalue weighted by Crippen LogP contribution is 2.35. The number of hydrogen-bond donors (Lipinski definition) is 2. The van der Waals surface area contributed by atoms with Crippen LogP contribution in [0.15, 0.2) is 36.4 Å². The second-order valence-corrected chi connectivity index (χ2v) is 7.47. The Morgan fingerprint density at radius 3 is 2.50 bits per heavy atom. The van der Waals surface area contributed by atoms with Gasteiger partial charge in [-0.05, 0) is 55.0 Å². The van der Waals surface area contributed by atoms with Crippen LogP contribution in [0.25, 0.3) is 0 Å². The molecule has 0 spiro atoms. The number of rotatable bonds is 4. The first-order valence-electron chi connectivity index (χ1n) is 9.22. The van der Waals surface area contributed by atoms with E-state index in [1.165, 1.54) is 5.56 Å². The number of carbonyl (C=O) groups excluding carboxylic acids is 1. The second kappa shape index (κ2) is 8.00. The van der Waals surface area contributed by atoms with Gasteiger partial charge in [0, 0.05) is 18.7 Å². The lowest BCUT2D eigenvalue weighted by Gasteiger charge is -2.33. The van der Waals surface area contributed by atoms with Crippen molar-refractivity contribution in [1.82, 2.24) is 0 Å². The van der Waals surface area contributed by atoms with Crippen molar-refractivity contribution in [2.75, 3.05) is 29.0 Å². The lowest BCUT2D eigenvalue weighted by atomic mass is 9.98. The number of carbonyl (C=O) groups is 1. The summed E-state index contributed by atoms with van der Waals surface area (Å²) in [6.07, 6.45) is 3.24. The number of nitrogens with two attached hydrogens (primary N) is 1. The average molecular weight is 372 g/mol. The number of anilines is 3. The van der Waals surface area contributed by atoms with E-state index in [1.807, 2.05) is 30.3 Å². The number of halogens is 1. The Morgan fingerprint density at radius 1 is 1.23 bits per heavy atom. The van der Waals surface area contributed by atoms with Gasteiger partial charge in [0.15, 0.2) is 0 Å². The molecule has 0 aromatic heterocycles. The summed E-state index contributed by atoms with van der Waals surface area (Å²) in [6, 6.07) is 11.2. The number of aryl methyl sites for hydroxylation is 1. The number of hydrogen-bond acceptors (Lipinski definition) is 3. The zero-order valence-corrected chi connectivity index (χ0v) is 16.1. The Labute approximate surface area is 160 Å². The summed E-state index contributed by atoms with van der Waals surface area (Å²) in [5, 5.41) is 3.38. The molecule has 3 N–H and O–H groups in total. The number of amides is 1. The van der Waals surface area contributed by atoms with Crippen molar-refractivity contribution in [3.05, 3.63) is 52.5 Å². The van der Waals surface area contributed by atoms with Gasteiger partial charge in [0.2, 0.25) is 0 Å². The highest BCUT2D eigenvalue weighted by molar-refractivity contribution is 6.34. The van der Waals surface area contributed by atoms with Crippen molar-refractivity contribution >= 4 is 34.6 Å². The molecule has 1 fully saturated rings. The fourth-order valence-electron chi connectivity index (χ4n) is 3.28. The molecular weight excluding hydrogens is 346 g/mol. The third-order valence-electron chi connectivity index (χ3n) is 5.11. The van der Waals surface area contributed by atoms with Crippen LogP contribution in [-0.4, -0.2) is 19.0 Å². The largest absolute Gasteiger partial charge is 0.397 e. The molecule has 4 nitrogen and oxygen atoms in total. The van der Waals surface area contributed by atoms with E-state index >= 15 is 0 Å². The fourth-order valence-corrected chi connectivity index (χ4v) is 3.50. The average Bonchev–Trinajstić information content (AvgIpc) is 2.65. The molecule has 1 aliphatic heterocycles. The Morgan fingerprint density at radius 2 is 1.88 bits per heavy atom. The lowest BCUT2D eigenvalue weighted by molar-refractivity contribution is 0.102. The van der Waals surface area contributed by atoms with Crippen molar-refractivity contribution < 1.29 is 4.79 Å². The van der Waals surface area contributed by atoms with Crippen molar-refractivity contribution in [3.63, 3.8) is 0 Å². The molecule has 2 aromatic rings. The SMILES string of the molecule is CCc1ccc(C(=O)Nc2cc(N3CCC(C)CC3)c(N)cc2Cl)cc1. The first-order valence-corrected chi connectivity index (χ1v) is 9.60. The van der Waals surface area contributed by atoms with E-state index in [2.05, 4.69) is 24.1 Å². The van der Waals surface area contributed by atoms with Gasteiger partial charge < -0.3 is 16.0 Å². The number of nitrogens with zero attached hydrogens (tertiary/aromatic N) is 1. The predicted octanol–water partition coefficient (Wildman–Crippen LogP) is 4.97. The molecule has 1 amide bonds. The quantitative estimate of drug-likeness (QED) is 0.745. The third-order valence-corrected chi connectivity index (χ3v) is 5.43. The Bertz CT molecular complexity index is 781. The van der Waals surface area contributed by atoms with E-state index < -0.39 is 0 Å². The minimum Gasteiger partial charge on any atom is -0.397 e. The van der Waals surface area contributed by atoms with Crippen LogP contribution in [0.5, 0.6) is 0 Å². The molecule has 0 unspecified atom stereocenters. The van der Waals surface area contributed by atoms with Crippen LogP contribution in [0, 0.1) is 5.92 Å². The Kier molecular flexibility index (Phi) is 5.72. The smallest absolute Gasteiger partial charge is 0.255 e. The minimum atomic E-state index is -0.169. The molecule has 3 rings (SSSR count). The van der Waals surface area contributed by atoms with Gasteiger partial charge in [0.05, 0.1) is 22.1 Å². The normalized spacial score (nSPS) is 15.1. The van der Waals surface area contributed by atoms with E-state index in [4.69, 9.17) is 17.3 Å². The fraction of sp³-hybridized carbons (Fsp3) is 0.381. The van der Waals surface area contributed by atoms with Crippen LogP contribution in [0.3, 0.4) is 0 Å². The van der Waals surface area contributed by atoms with E-state index in [0.717, 1.165) is 44.0 Å². The summed E-state index contributed by atoms with van der Waals surface area (Å²) in [4.78, 5) is 14.8. The van der Waals surface area contributed by atoms with Gasteiger partial charge in [-0.15, -0.1) is 0 Å². The monoisotopic (exact) mass is 371 g/mol. The molecule has 0 atom stereocenters. The summed E-state index contributed by atoms with van der Waals surface area (Å²) in [5.74, 6) is 0.572. The maximum Gasteiger partial charge on any atom is 0.255 e. The van der Waals surface area contributed by atoms with E-state index in [-0.39, 0.29) is 5.91 Å². The molecule has 0 saturated carbocycles. The van der Waals surface area contributed by atoms with Gasteiger partial charge in [-0.25, -0.2) is 0 Å². The summed E-state index contributed by atoms with van der Waals surface area (Å²) in [5.41, 5.74) is 10.2.